The Morgan fingerprint density at radius 2 is 1.26 bits per heavy atom. The molecule has 4 rings (SSSR count). The van der Waals surface area contributed by atoms with E-state index in [-0.39, 0.29) is 5.91 Å². The van der Waals surface area contributed by atoms with Crippen LogP contribution in [0.3, 0.4) is 0 Å². The molecule has 0 aliphatic carbocycles. The summed E-state index contributed by atoms with van der Waals surface area (Å²) in [5.74, 6) is 0.244. The average molecular weight is 364 g/mol. The molecule has 0 spiro atoms. The molecule has 2 aliphatic rings. The summed E-state index contributed by atoms with van der Waals surface area (Å²) < 4.78 is 0. The monoisotopic (exact) mass is 363 g/mol. The lowest BCUT2D eigenvalue weighted by atomic mass is 10.1. The third kappa shape index (κ3) is 4.44. The largest absolute Gasteiger partial charge is 0.372 e. The number of anilines is 2. The fraction of sp³-hybridized carbons (Fsp3) is 0.435. The summed E-state index contributed by atoms with van der Waals surface area (Å²) in [6.07, 6.45) is 4.43. The van der Waals surface area contributed by atoms with Gasteiger partial charge in [-0.15, -0.1) is 0 Å². The van der Waals surface area contributed by atoms with Crippen molar-refractivity contribution in [1.29, 1.82) is 0 Å². The Morgan fingerprint density at radius 3 is 1.93 bits per heavy atom. The molecule has 4 heteroatoms. The first kappa shape index (κ1) is 17.9. The highest BCUT2D eigenvalue weighted by Gasteiger charge is 2.21. The van der Waals surface area contributed by atoms with Gasteiger partial charge in [-0.05, 0) is 49.1 Å². The minimum absolute atomic E-state index is 0.244. The number of benzene rings is 2. The van der Waals surface area contributed by atoms with Crippen molar-refractivity contribution in [3.05, 3.63) is 60.2 Å². The van der Waals surface area contributed by atoms with E-state index in [0.717, 1.165) is 44.8 Å². The minimum atomic E-state index is 0.244. The molecule has 2 heterocycles. The Balaban J connectivity index is 1.29. The molecule has 2 aromatic rings. The normalized spacial score (nSPS) is 17.9. The first-order chi connectivity index (χ1) is 13.3. The Morgan fingerprint density at radius 1 is 0.667 bits per heavy atom. The number of rotatable bonds is 4. The lowest BCUT2D eigenvalue weighted by molar-refractivity contribution is -0.130. The number of piperidine rings is 1. The maximum Gasteiger partial charge on any atom is 0.227 e. The van der Waals surface area contributed by atoms with Crippen molar-refractivity contribution in [3.63, 3.8) is 0 Å². The number of piperazine rings is 1. The molecule has 0 N–H and O–H groups in total. The van der Waals surface area contributed by atoms with Gasteiger partial charge in [-0.1, -0.05) is 30.3 Å². The van der Waals surface area contributed by atoms with Crippen LogP contribution in [0.4, 0.5) is 11.4 Å². The SMILES string of the molecule is O=C(Cc1ccc(N2CCCCC2)cc1)N1CCN(c2ccccc2)CC1. The Labute approximate surface area is 162 Å². The third-order valence-electron chi connectivity index (χ3n) is 5.77. The van der Waals surface area contributed by atoms with E-state index in [2.05, 4.69) is 58.3 Å². The molecule has 142 valence electrons. The highest BCUT2D eigenvalue weighted by Crippen LogP contribution is 2.21. The van der Waals surface area contributed by atoms with Gasteiger partial charge in [0.2, 0.25) is 5.91 Å². The van der Waals surface area contributed by atoms with Crippen molar-refractivity contribution in [2.75, 3.05) is 49.1 Å². The van der Waals surface area contributed by atoms with E-state index >= 15 is 0 Å². The van der Waals surface area contributed by atoms with Gasteiger partial charge in [0.15, 0.2) is 0 Å². The zero-order chi connectivity index (χ0) is 18.5. The van der Waals surface area contributed by atoms with Crippen LogP contribution < -0.4 is 9.80 Å². The summed E-state index contributed by atoms with van der Waals surface area (Å²) >= 11 is 0. The van der Waals surface area contributed by atoms with Crippen LogP contribution >= 0.6 is 0 Å². The number of hydrogen-bond acceptors (Lipinski definition) is 3. The van der Waals surface area contributed by atoms with E-state index in [1.807, 2.05) is 11.0 Å². The first-order valence-corrected chi connectivity index (χ1v) is 10.2. The lowest BCUT2D eigenvalue weighted by Gasteiger charge is -2.36. The number of nitrogens with zero attached hydrogens (tertiary/aromatic N) is 3. The van der Waals surface area contributed by atoms with Crippen LogP contribution in [0.25, 0.3) is 0 Å². The number of amides is 1. The van der Waals surface area contributed by atoms with E-state index in [9.17, 15) is 4.79 Å². The van der Waals surface area contributed by atoms with Gasteiger partial charge in [-0.25, -0.2) is 0 Å². The second-order valence-electron chi connectivity index (χ2n) is 7.59. The average Bonchev–Trinajstić information content (AvgIpc) is 2.76. The van der Waals surface area contributed by atoms with Crippen LogP contribution in [0, 0.1) is 0 Å². The summed E-state index contributed by atoms with van der Waals surface area (Å²) in [6.45, 7) is 5.74. The maximum atomic E-state index is 12.7. The molecule has 0 radical (unpaired) electrons. The zero-order valence-corrected chi connectivity index (χ0v) is 16.0. The van der Waals surface area contributed by atoms with Crippen LogP contribution in [0.15, 0.2) is 54.6 Å². The Kier molecular flexibility index (Phi) is 5.61. The number of para-hydroxylation sites is 1. The quantitative estimate of drug-likeness (QED) is 0.831. The summed E-state index contributed by atoms with van der Waals surface area (Å²) in [5.41, 5.74) is 3.66. The van der Waals surface area contributed by atoms with Crippen molar-refractivity contribution < 1.29 is 4.79 Å². The Bertz CT molecular complexity index is 730. The van der Waals surface area contributed by atoms with Crippen LogP contribution in [-0.2, 0) is 11.2 Å². The van der Waals surface area contributed by atoms with Crippen LogP contribution in [0.1, 0.15) is 24.8 Å². The molecule has 1 amide bonds. The fourth-order valence-electron chi connectivity index (χ4n) is 4.12. The molecule has 2 fully saturated rings. The Hall–Kier alpha value is -2.49. The summed E-state index contributed by atoms with van der Waals surface area (Å²) in [5, 5.41) is 0. The van der Waals surface area contributed by atoms with E-state index in [1.54, 1.807) is 0 Å². The predicted octanol–water partition coefficient (Wildman–Crippen LogP) is 3.57. The first-order valence-electron chi connectivity index (χ1n) is 10.2. The van der Waals surface area contributed by atoms with Crippen LogP contribution in [-0.4, -0.2) is 50.1 Å². The zero-order valence-electron chi connectivity index (χ0n) is 16.0. The highest BCUT2D eigenvalue weighted by molar-refractivity contribution is 5.79. The summed E-state index contributed by atoms with van der Waals surface area (Å²) in [6, 6.07) is 19.1. The van der Waals surface area contributed by atoms with E-state index in [4.69, 9.17) is 0 Å². The van der Waals surface area contributed by atoms with E-state index in [1.165, 1.54) is 30.6 Å². The van der Waals surface area contributed by atoms with Crippen molar-refractivity contribution in [2.45, 2.75) is 25.7 Å². The molecule has 4 nitrogen and oxygen atoms in total. The van der Waals surface area contributed by atoms with Crippen LogP contribution in [0.2, 0.25) is 0 Å². The standard InChI is InChI=1S/C23H29N3O/c27-23(26-17-15-25(16-18-26)21-7-3-1-4-8-21)19-20-9-11-22(12-10-20)24-13-5-2-6-14-24/h1,3-4,7-12H,2,5-6,13-19H2. The third-order valence-corrected chi connectivity index (χ3v) is 5.77. The van der Waals surface area contributed by atoms with Crippen LogP contribution in [0.5, 0.6) is 0 Å². The number of carbonyl (C=O) groups excluding carboxylic acids is 1. The predicted molar refractivity (Wildman–Crippen MR) is 111 cm³/mol. The highest BCUT2D eigenvalue weighted by atomic mass is 16.2. The topological polar surface area (TPSA) is 26.8 Å². The molecule has 0 unspecified atom stereocenters. The molecule has 27 heavy (non-hydrogen) atoms. The summed E-state index contributed by atoms with van der Waals surface area (Å²) in [7, 11) is 0. The second-order valence-corrected chi connectivity index (χ2v) is 7.59. The molecular formula is C23H29N3O. The lowest BCUT2D eigenvalue weighted by Crippen LogP contribution is -2.49. The van der Waals surface area contributed by atoms with Gasteiger partial charge in [-0.2, -0.15) is 0 Å². The van der Waals surface area contributed by atoms with Gasteiger partial charge in [0.1, 0.15) is 0 Å². The van der Waals surface area contributed by atoms with Gasteiger partial charge in [0.05, 0.1) is 6.42 Å². The van der Waals surface area contributed by atoms with Crippen molar-refractivity contribution >= 4 is 17.3 Å². The molecular weight excluding hydrogens is 334 g/mol. The van der Waals surface area contributed by atoms with Gasteiger partial charge in [0, 0.05) is 50.6 Å². The van der Waals surface area contributed by atoms with Crippen molar-refractivity contribution in [1.82, 2.24) is 4.90 Å². The van der Waals surface area contributed by atoms with Crippen molar-refractivity contribution in [3.8, 4) is 0 Å². The van der Waals surface area contributed by atoms with Gasteiger partial charge in [-0.3, -0.25) is 4.79 Å². The molecule has 2 aromatic carbocycles. The molecule has 2 aliphatic heterocycles. The van der Waals surface area contributed by atoms with E-state index in [0.29, 0.717) is 6.42 Å². The fourth-order valence-corrected chi connectivity index (χ4v) is 4.12. The van der Waals surface area contributed by atoms with Gasteiger partial charge in [0.25, 0.3) is 0 Å². The summed E-state index contributed by atoms with van der Waals surface area (Å²) in [4.78, 5) is 19.5. The second kappa shape index (κ2) is 8.47. The van der Waals surface area contributed by atoms with Gasteiger partial charge >= 0.3 is 0 Å². The molecule has 0 atom stereocenters. The minimum Gasteiger partial charge on any atom is -0.372 e. The molecule has 0 aromatic heterocycles. The number of carbonyl (C=O) groups is 1. The molecule has 0 saturated carbocycles. The smallest absolute Gasteiger partial charge is 0.227 e. The maximum absolute atomic E-state index is 12.7. The van der Waals surface area contributed by atoms with E-state index < -0.39 is 0 Å². The molecule has 0 bridgehead atoms. The van der Waals surface area contributed by atoms with Gasteiger partial charge < -0.3 is 14.7 Å². The molecule has 2 saturated heterocycles. The number of hydrogen-bond donors (Lipinski definition) is 0. The van der Waals surface area contributed by atoms with Crippen molar-refractivity contribution in [2.24, 2.45) is 0 Å².